The molecule has 0 saturated carbocycles. The van der Waals surface area contributed by atoms with Crippen molar-refractivity contribution in [2.24, 2.45) is 0 Å². The molecule has 5 heteroatoms. The molecule has 0 atom stereocenters. The molecule has 84 valence electrons. The van der Waals surface area contributed by atoms with E-state index in [0.717, 1.165) is 23.6 Å². The van der Waals surface area contributed by atoms with Crippen molar-refractivity contribution in [1.82, 2.24) is 20.2 Å². The fourth-order valence-electron chi connectivity index (χ4n) is 1.33. The lowest BCUT2D eigenvalue weighted by Gasteiger charge is -1.96. The predicted molar refractivity (Wildman–Crippen MR) is 66.3 cm³/mol. The summed E-state index contributed by atoms with van der Waals surface area (Å²) >= 11 is 1.88. The van der Waals surface area contributed by atoms with Gasteiger partial charge in [0.2, 0.25) is 5.82 Å². The molecule has 0 spiro atoms. The van der Waals surface area contributed by atoms with E-state index in [4.69, 9.17) is 0 Å². The van der Waals surface area contributed by atoms with Gasteiger partial charge in [-0.15, -0.1) is 10.2 Å². The molecule has 2 rings (SSSR count). The Kier molecular flexibility index (Phi) is 3.93. The van der Waals surface area contributed by atoms with Crippen LogP contribution in [0.4, 0.5) is 0 Å². The Bertz CT molecular complexity index is 427. The zero-order valence-corrected chi connectivity index (χ0v) is 10.0. The van der Waals surface area contributed by atoms with E-state index in [9.17, 15) is 0 Å². The Morgan fingerprint density at radius 2 is 2.06 bits per heavy atom. The number of benzene rings is 1. The molecule has 0 fully saturated rings. The van der Waals surface area contributed by atoms with Gasteiger partial charge in [-0.05, 0) is 11.0 Å². The molecule has 4 nitrogen and oxygen atoms in total. The minimum absolute atomic E-state index is 0.696. The summed E-state index contributed by atoms with van der Waals surface area (Å²) < 4.78 is 0. The molecular formula is C11H14N4S. The van der Waals surface area contributed by atoms with E-state index in [0.29, 0.717) is 5.82 Å². The predicted octanol–water partition coefficient (Wildman–Crippen LogP) is 2.09. The van der Waals surface area contributed by atoms with Crippen LogP contribution in [0.15, 0.2) is 30.3 Å². The molecule has 1 aromatic heterocycles. The molecule has 0 amide bonds. The first-order chi connectivity index (χ1) is 7.90. The van der Waals surface area contributed by atoms with Gasteiger partial charge >= 0.3 is 0 Å². The Morgan fingerprint density at radius 1 is 1.25 bits per heavy atom. The molecule has 1 heterocycles. The van der Waals surface area contributed by atoms with Gasteiger partial charge in [0.25, 0.3) is 0 Å². The molecule has 2 aromatic rings. The third-order valence-corrected chi connectivity index (χ3v) is 3.00. The lowest BCUT2D eigenvalue weighted by Crippen LogP contribution is -2.04. The van der Waals surface area contributed by atoms with E-state index < -0.39 is 0 Å². The normalized spacial score (nSPS) is 10.6. The van der Waals surface area contributed by atoms with Gasteiger partial charge in [-0.25, -0.2) is 0 Å². The van der Waals surface area contributed by atoms with E-state index in [1.807, 2.05) is 42.1 Å². The summed E-state index contributed by atoms with van der Waals surface area (Å²) in [5, 5.41) is 12.4. The maximum absolute atomic E-state index is 4.33. The summed E-state index contributed by atoms with van der Waals surface area (Å²) in [5.74, 6) is 2.85. The summed E-state index contributed by atoms with van der Waals surface area (Å²) in [7, 11) is 0. The van der Waals surface area contributed by atoms with Crippen molar-refractivity contribution < 1.29 is 0 Å². The van der Waals surface area contributed by atoms with Gasteiger partial charge in [0.15, 0.2) is 0 Å². The second-order valence-electron chi connectivity index (χ2n) is 3.27. The zero-order chi connectivity index (χ0) is 11.2. The van der Waals surface area contributed by atoms with E-state index >= 15 is 0 Å². The van der Waals surface area contributed by atoms with Crippen molar-refractivity contribution in [3.05, 3.63) is 30.3 Å². The van der Waals surface area contributed by atoms with Crippen LogP contribution in [-0.2, 0) is 6.54 Å². The number of thioether (sulfide) groups is 1. The van der Waals surface area contributed by atoms with Crippen LogP contribution in [0.25, 0.3) is 11.4 Å². The van der Waals surface area contributed by atoms with Crippen LogP contribution in [0.1, 0.15) is 6.92 Å². The van der Waals surface area contributed by atoms with E-state index in [2.05, 4.69) is 22.3 Å². The minimum Gasteiger partial charge on any atom is -0.163 e. The molecule has 0 unspecified atom stereocenters. The highest BCUT2D eigenvalue weighted by molar-refractivity contribution is 7.99. The van der Waals surface area contributed by atoms with Gasteiger partial charge < -0.3 is 0 Å². The van der Waals surface area contributed by atoms with Crippen molar-refractivity contribution in [3.8, 4) is 11.4 Å². The largest absolute Gasteiger partial charge is 0.204 e. The number of hydrogen-bond acceptors (Lipinski definition) is 4. The summed E-state index contributed by atoms with van der Waals surface area (Å²) in [6, 6.07) is 9.90. The molecule has 16 heavy (non-hydrogen) atoms. The fourth-order valence-corrected chi connectivity index (χ4v) is 1.91. The fraction of sp³-hybridized carbons (Fsp3) is 0.364. The van der Waals surface area contributed by atoms with Crippen LogP contribution < -0.4 is 0 Å². The molecule has 0 aliphatic carbocycles. The average molecular weight is 234 g/mol. The highest BCUT2D eigenvalue weighted by atomic mass is 32.2. The summed E-state index contributed by atoms with van der Waals surface area (Å²) in [5.41, 5.74) is 1.01. The lowest BCUT2D eigenvalue weighted by atomic mass is 10.2. The summed E-state index contributed by atoms with van der Waals surface area (Å²) in [6.07, 6.45) is 0. The Labute approximate surface area is 99.1 Å². The first kappa shape index (κ1) is 11.1. The monoisotopic (exact) mass is 234 g/mol. The maximum Gasteiger partial charge on any atom is 0.204 e. The Hall–Kier alpha value is -1.36. The van der Waals surface area contributed by atoms with E-state index in [1.165, 1.54) is 0 Å². The highest BCUT2D eigenvalue weighted by Gasteiger charge is 2.04. The minimum atomic E-state index is 0.696. The smallest absolute Gasteiger partial charge is 0.163 e. The number of aromatic nitrogens is 4. The van der Waals surface area contributed by atoms with Gasteiger partial charge in [0.1, 0.15) is 0 Å². The first-order valence-electron chi connectivity index (χ1n) is 5.31. The summed E-state index contributed by atoms with van der Waals surface area (Å²) in [4.78, 5) is 1.66. The van der Waals surface area contributed by atoms with E-state index in [-0.39, 0.29) is 0 Å². The molecule has 0 saturated heterocycles. The van der Waals surface area contributed by atoms with Crippen LogP contribution in [-0.4, -0.2) is 31.7 Å². The quantitative estimate of drug-likeness (QED) is 0.743. The highest BCUT2D eigenvalue weighted by Crippen LogP contribution is 2.11. The van der Waals surface area contributed by atoms with Crippen molar-refractivity contribution in [2.75, 3.05) is 11.5 Å². The third-order valence-electron chi connectivity index (χ3n) is 2.12. The first-order valence-corrected chi connectivity index (χ1v) is 6.46. The molecule has 0 bridgehead atoms. The van der Waals surface area contributed by atoms with Crippen molar-refractivity contribution in [1.29, 1.82) is 0 Å². The molecule has 0 radical (unpaired) electrons. The molecule has 0 N–H and O–H groups in total. The van der Waals surface area contributed by atoms with Crippen molar-refractivity contribution in [2.45, 2.75) is 13.5 Å². The zero-order valence-electron chi connectivity index (χ0n) is 9.21. The Morgan fingerprint density at radius 3 is 2.81 bits per heavy atom. The van der Waals surface area contributed by atoms with Crippen molar-refractivity contribution >= 4 is 11.8 Å². The van der Waals surface area contributed by atoms with E-state index in [1.54, 1.807) is 4.80 Å². The number of rotatable bonds is 5. The van der Waals surface area contributed by atoms with Gasteiger partial charge in [0, 0.05) is 11.3 Å². The number of tetrazole rings is 1. The van der Waals surface area contributed by atoms with Crippen LogP contribution in [0.3, 0.4) is 0 Å². The number of nitrogens with zero attached hydrogens (tertiary/aromatic N) is 4. The molecule has 0 aliphatic heterocycles. The van der Waals surface area contributed by atoms with Gasteiger partial charge in [-0.1, -0.05) is 37.3 Å². The van der Waals surface area contributed by atoms with Crippen LogP contribution in [0.5, 0.6) is 0 Å². The third kappa shape index (κ3) is 2.82. The topological polar surface area (TPSA) is 43.6 Å². The van der Waals surface area contributed by atoms with Gasteiger partial charge in [0.05, 0.1) is 6.54 Å². The summed E-state index contributed by atoms with van der Waals surface area (Å²) in [6.45, 7) is 2.97. The van der Waals surface area contributed by atoms with Gasteiger partial charge in [-0.2, -0.15) is 16.6 Å². The molecule has 1 aromatic carbocycles. The number of aryl methyl sites for hydroxylation is 1. The molecular weight excluding hydrogens is 220 g/mol. The van der Waals surface area contributed by atoms with Gasteiger partial charge in [-0.3, -0.25) is 0 Å². The van der Waals surface area contributed by atoms with Crippen molar-refractivity contribution in [3.63, 3.8) is 0 Å². The van der Waals surface area contributed by atoms with Crippen LogP contribution in [0, 0.1) is 0 Å². The SMILES string of the molecule is CCSCCn1nnc(-c2ccccc2)n1. The standard InChI is InChI=1S/C11H14N4S/c1-2-16-9-8-15-13-11(12-14-15)10-6-4-3-5-7-10/h3-7H,2,8-9H2,1H3. The second-order valence-corrected chi connectivity index (χ2v) is 4.67. The maximum atomic E-state index is 4.33. The number of hydrogen-bond donors (Lipinski definition) is 0. The van der Waals surface area contributed by atoms with Crippen LogP contribution >= 0.6 is 11.8 Å². The van der Waals surface area contributed by atoms with Crippen LogP contribution in [0.2, 0.25) is 0 Å². The average Bonchev–Trinajstić information content (AvgIpc) is 2.79. The molecule has 0 aliphatic rings. The second kappa shape index (κ2) is 5.65. The lowest BCUT2D eigenvalue weighted by molar-refractivity contribution is 0.557. The Balaban J connectivity index is 2.02.